The number of likely N-dealkylation sites (tertiary alicyclic amines) is 1. The van der Waals surface area contributed by atoms with Gasteiger partial charge in [0.25, 0.3) is 0 Å². The van der Waals surface area contributed by atoms with E-state index in [1.807, 2.05) is 13.8 Å². The molecule has 1 atom stereocenters. The second-order valence-electron chi connectivity index (χ2n) is 4.02. The smallest absolute Gasteiger partial charge is 0.113 e. The molecule has 0 N–H and O–H groups in total. The van der Waals surface area contributed by atoms with Gasteiger partial charge >= 0.3 is 0 Å². The van der Waals surface area contributed by atoms with Crippen molar-refractivity contribution >= 4 is 0 Å². The molecule has 4 heteroatoms. The summed E-state index contributed by atoms with van der Waals surface area (Å²) in [6.45, 7) is 5.93. The molecule has 0 spiro atoms. The maximum Gasteiger partial charge on any atom is 0.113 e. The molecule has 0 aromatic rings. The number of methoxy groups -OCH3 is 1. The molecule has 1 fully saturated rings. The summed E-state index contributed by atoms with van der Waals surface area (Å²) in [5.74, 6) is 0. The van der Waals surface area contributed by atoms with Crippen LogP contribution in [0.2, 0.25) is 0 Å². The molecule has 0 bridgehead atoms. The van der Waals surface area contributed by atoms with Crippen molar-refractivity contribution in [1.29, 1.82) is 0 Å². The van der Waals surface area contributed by atoms with Crippen molar-refractivity contribution < 1.29 is 13.9 Å². The van der Waals surface area contributed by atoms with Gasteiger partial charge in [0.2, 0.25) is 0 Å². The second-order valence-corrected chi connectivity index (χ2v) is 4.02. The van der Waals surface area contributed by atoms with E-state index in [1.54, 1.807) is 7.11 Å². The number of ether oxygens (including phenoxy) is 2. The summed E-state index contributed by atoms with van der Waals surface area (Å²) >= 11 is 0. The zero-order valence-electron chi connectivity index (χ0n) is 10.3. The van der Waals surface area contributed by atoms with Crippen LogP contribution in [0.1, 0.15) is 20.3 Å². The van der Waals surface area contributed by atoms with E-state index in [0.717, 1.165) is 6.54 Å². The molecule has 1 rings (SSSR count). The summed E-state index contributed by atoms with van der Waals surface area (Å²) in [7, 11) is 3.91. The van der Waals surface area contributed by atoms with Gasteiger partial charge < -0.3 is 14.4 Å². The van der Waals surface area contributed by atoms with Crippen LogP contribution in [-0.2, 0) is 9.47 Å². The van der Waals surface area contributed by atoms with Gasteiger partial charge in [-0.05, 0) is 27.3 Å². The maximum absolute atomic E-state index is 11.2. The zero-order valence-corrected chi connectivity index (χ0v) is 10.3. The van der Waals surface area contributed by atoms with Gasteiger partial charge in [0.05, 0.1) is 18.8 Å². The molecule has 0 aliphatic carbocycles. The highest BCUT2D eigenvalue weighted by molar-refractivity contribution is 4.71. The standard InChI is InChI=1S/C6H13NO.C5H11FO/c1-7-4-3-6(5-7)8-2;1-5(2)7-4-3-6/h6H,3-5H2,1-2H3;5H,3-4H2,1-2H3. The highest BCUT2D eigenvalue weighted by atomic mass is 19.1. The molecule has 92 valence electrons. The second kappa shape index (κ2) is 9.07. The van der Waals surface area contributed by atoms with Gasteiger partial charge in [-0.3, -0.25) is 0 Å². The summed E-state index contributed by atoms with van der Waals surface area (Å²) in [6, 6.07) is 0. The number of hydrogen-bond donors (Lipinski definition) is 0. The van der Waals surface area contributed by atoms with Crippen LogP contribution in [-0.4, -0.2) is 57.6 Å². The Labute approximate surface area is 92.5 Å². The Morgan fingerprint density at radius 1 is 1.47 bits per heavy atom. The molecule has 15 heavy (non-hydrogen) atoms. The van der Waals surface area contributed by atoms with Crippen molar-refractivity contribution in [3.05, 3.63) is 0 Å². The molecule has 1 aliphatic rings. The molecule has 0 saturated carbocycles. The van der Waals surface area contributed by atoms with E-state index in [-0.39, 0.29) is 19.4 Å². The fraction of sp³-hybridized carbons (Fsp3) is 1.00. The zero-order chi connectivity index (χ0) is 11.7. The first-order chi connectivity index (χ1) is 7.10. The quantitative estimate of drug-likeness (QED) is 0.721. The predicted octanol–water partition coefficient (Wildman–Crippen LogP) is 1.72. The molecular formula is C11H24FNO2. The minimum atomic E-state index is -0.377. The number of halogens is 1. The normalized spacial score (nSPS) is 21.6. The summed E-state index contributed by atoms with van der Waals surface area (Å²) in [5, 5.41) is 0. The number of rotatable bonds is 4. The lowest BCUT2D eigenvalue weighted by Crippen LogP contribution is -2.17. The van der Waals surface area contributed by atoms with E-state index >= 15 is 0 Å². The Bertz CT molecular complexity index is 145. The van der Waals surface area contributed by atoms with Gasteiger partial charge in [-0.25, -0.2) is 4.39 Å². The molecule has 0 aromatic heterocycles. The van der Waals surface area contributed by atoms with E-state index < -0.39 is 0 Å². The topological polar surface area (TPSA) is 21.7 Å². The Kier molecular flexibility index (Phi) is 8.95. The van der Waals surface area contributed by atoms with Gasteiger partial charge in [-0.15, -0.1) is 0 Å². The van der Waals surface area contributed by atoms with Crippen LogP contribution in [0.4, 0.5) is 4.39 Å². The summed E-state index contributed by atoms with van der Waals surface area (Å²) in [5.41, 5.74) is 0. The highest BCUT2D eigenvalue weighted by Crippen LogP contribution is 2.07. The van der Waals surface area contributed by atoms with Crippen molar-refractivity contribution in [2.75, 3.05) is 40.5 Å². The molecule has 3 nitrogen and oxygen atoms in total. The monoisotopic (exact) mass is 221 g/mol. The number of alkyl halides is 1. The number of likely N-dealkylation sites (N-methyl/N-ethyl adjacent to an activating group) is 1. The van der Waals surface area contributed by atoms with E-state index in [4.69, 9.17) is 9.47 Å². The summed E-state index contributed by atoms with van der Waals surface area (Å²) < 4.78 is 21.2. The summed E-state index contributed by atoms with van der Waals surface area (Å²) in [6.07, 6.45) is 1.86. The van der Waals surface area contributed by atoms with Gasteiger partial charge in [0.15, 0.2) is 0 Å². The molecule has 1 unspecified atom stereocenters. The molecule has 1 heterocycles. The molecule has 0 amide bonds. The van der Waals surface area contributed by atoms with E-state index in [9.17, 15) is 4.39 Å². The molecule has 1 aliphatic heterocycles. The largest absolute Gasteiger partial charge is 0.380 e. The molecule has 0 radical (unpaired) electrons. The van der Waals surface area contributed by atoms with Crippen LogP contribution in [0, 0.1) is 0 Å². The molecular weight excluding hydrogens is 197 g/mol. The Hall–Kier alpha value is -0.190. The van der Waals surface area contributed by atoms with Gasteiger partial charge in [-0.1, -0.05) is 0 Å². The molecule has 0 aromatic carbocycles. The van der Waals surface area contributed by atoms with Crippen LogP contribution in [0.25, 0.3) is 0 Å². The van der Waals surface area contributed by atoms with Crippen molar-refractivity contribution in [1.82, 2.24) is 4.90 Å². The van der Waals surface area contributed by atoms with Gasteiger partial charge in [0, 0.05) is 20.2 Å². The van der Waals surface area contributed by atoms with Crippen molar-refractivity contribution in [2.24, 2.45) is 0 Å². The number of hydrogen-bond acceptors (Lipinski definition) is 3. The first-order valence-corrected chi connectivity index (χ1v) is 5.49. The Morgan fingerprint density at radius 2 is 2.13 bits per heavy atom. The SMILES string of the molecule is CC(C)OCCF.COC1CCN(C)C1. The minimum absolute atomic E-state index is 0.163. The Morgan fingerprint density at radius 3 is 2.33 bits per heavy atom. The third-order valence-electron chi connectivity index (χ3n) is 2.21. The van der Waals surface area contributed by atoms with Crippen molar-refractivity contribution in [2.45, 2.75) is 32.5 Å². The lowest BCUT2D eigenvalue weighted by Gasteiger charge is -2.06. The highest BCUT2D eigenvalue weighted by Gasteiger charge is 2.17. The van der Waals surface area contributed by atoms with Crippen LogP contribution in [0.5, 0.6) is 0 Å². The maximum atomic E-state index is 11.2. The summed E-state index contributed by atoms with van der Waals surface area (Å²) in [4.78, 5) is 2.29. The van der Waals surface area contributed by atoms with Crippen LogP contribution in [0.3, 0.4) is 0 Å². The third-order valence-corrected chi connectivity index (χ3v) is 2.21. The third kappa shape index (κ3) is 8.78. The van der Waals surface area contributed by atoms with Crippen LogP contribution >= 0.6 is 0 Å². The number of nitrogens with zero attached hydrogens (tertiary/aromatic N) is 1. The first-order valence-electron chi connectivity index (χ1n) is 5.49. The average molecular weight is 221 g/mol. The molecule has 1 saturated heterocycles. The lowest BCUT2D eigenvalue weighted by atomic mass is 10.3. The van der Waals surface area contributed by atoms with E-state index in [0.29, 0.717) is 6.10 Å². The fourth-order valence-corrected chi connectivity index (χ4v) is 1.37. The minimum Gasteiger partial charge on any atom is -0.380 e. The van der Waals surface area contributed by atoms with Gasteiger partial charge in [0.1, 0.15) is 6.67 Å². The first kappa shape index (κ1) is 14.8. The van der Waals surface area contributed by atoms with Crippen molar-refractivity contribution in [3.8, 4) is 0 Å². The van der Waals surface area contributed by atoms with E-state index in [2.05, 4.69) is 11.9 Å². The van der Waals surface area contributed by atoms with Gasteiger partial charge in [-0.2, -0.15) is 0 Å². The Balaban J connectivity index is 0.000000265. The van der Waals surface area contributed by atoms with Crippen LogP contribution < -0.4 is 0 Å². The van der Waals surface area contributed by atoms with Crippen molar-refractivity contribution in [3.63, 3.8) is 0 Å². The lowest BCUT2D eigenvalue weighted by molar-refractivity contribution is 0.0681. The van der Waals surface area contributed by atoms with Crippen LogP contribution in [0.15, 0.2) is 0 Å². The van der Waals surface area contributed by atoms with E-state index in [1.165, 1.54) is 13.0 Å². The fourth-order valence-electron chi connectivity index (χ4n) is 1.37. The predicted molar refractivity (Wildman–Crippen MR) is 60.0 cm³/mol. The average Bonchev–Trinajstić information content (AvgIpc) is 2.62.